The van der Waals surface area contributed by atoms with Crippen LogP contribution < -0.4 is 5.73 Å². The maximum Gasteiger partial charge on any atom is 0.203 e. The monoisotopic (exact) mass is 382 g/mol. The van der Waals surface area contributed by atoms with Crippen molar-refractivity contribution >= 4 is 17.0 Å². The zero-order valence-corrected chi connectivity index (χ0v) is 15.5. The molecule has 0 fully saturated rings. The van der Waals surface area contributed by atoms with Gasteiger partial charge in [0.2, 0.25) is 5.65 Å². The standard InChI is InChI=1S/C21H18N8/c22-19-8-17(20-21(25-19)27-28-26-20)6-15-10-24-29(13-15)12-14-7-18(11-23-9-14)16-4-2-1-3-5-16/h1-5,7-11,13H,6,12H2,(H3,22,25,26,27,28). The number of benzene rings is 1. The SMILES string of the molecule is Nc1cc(Cc2cnn(Cc3cncc(-c4ccccc4)c3)c2)c2n[nH]nc2n1. The number of H-pyrrole nitrogens is 1. The van der Waals surface area contributed by atoms with Crippen molar-refractivity contribution in [1.82, 2.24) is 35.2 Å². The summed E-state index contributed by atoms with van der Waals surface area (Å²) in [6.07, 6.45) is 8.29. The summed E-state index contributed by atoms with van der Waals surface area (Å²) in [6.45, 7) is 0.644. The van der Waals surface area contributed by atoms with Crippen LogP contribution in [0.1, 0.15) is 16.7 Å². The summed E-state index contributed by atoms with van der Waals surface area (Å²) in [5.41, 5.74) is 12.5. The summed E-state index contributed by atoms with van der Waals surface area (Å²) in [6, 6.07) is 14.2. The van der Waals surface area contributed by atoms with Crippen molar-refractivity contribution in [2.75, 3.05) is 5.73 Å². The largest absolute Gasteiger partial charge is 0.384 e. The van der Waals surface area contributed by atoms with Gasteiger partial charge in [0.05, 0.1) is 12.7 Å². The van der Waals surface area contributed by atoms with Gasteiger partial charge in [-0.2, -0.15) is 15.4 Å². The van der Waals surface area contributed by atoms with E-state index in [9.17, 15) is 0 Å². The molecule has 142 valence electrons. The van der Waals surface area contributed by atoms with Crippen molar-refractivity contribution < 1.29 is 0 Å². The molecule has 0 saturated carbocycles. The molecule has 0 saturated heterocycles. The van der Waals surface area contributed by atoms with E-state index in [4.69, 9.17) is 5.73 Å². The zero-order chi connectivity index (χ0) is 19.6. The van der Waals surface area contributed by atoms with Crippen molar-refractivity contribution in [3.05, 3.63) is 83.9 Å². The van der Waals surface area contributed by atoms with Crippen molar-refractivity contribution in [2.45, 2.75) is 13.0 Å². The number of aromatic nitrogens is 7. The van der Waals surface area contributed by atoms with Gasteiger partial charge in [0, 0.05) is 30.6 Å². The minimum Gasteiger partial charge on any atom is -0.384 e. The molecular formula is C21H18N8. The predicted octanol–water partition coefficient (Wildman–Crippen LogP) is 2.83. The molecule has 4 heterocycles. The van der Waals surface area contributed by atoms with E-state index in [0.29, 0.717) is 24.4 Å². The first kappa shape index (κ1) is 17.1. The molecule has 29 heavy (non-hydrogen) atoms. The van der Waals surface area contributed by atoms with E-state index < -0.39 is 0 Å². The third-order valence-corrected chi connectivity index (χ3v) is 4.72. The van der Waals surface area contributed by atoms with Crippen molar-refractivity contribution in [2.24, 2.45) is 0 Å². The highest BCUT2D eigenvalue weighted by Gasteiger charge is 2.10. The van der Waals surface area contributed by atoms with Crippen LogP contribution in [0, 0.1) is 0 Å². The average Bonchev–Trinajstić information content (AvgIpc) is 3.38. The first-order valence-corrected chi connectivity index (χ1v) is 9.21. The van der Waals surface area contributed by atoms with Gasteiger partial charge in [-0.05, 0) is 34.4 Å². The van der Waals surface area contributed by atoms with Gasteiger partial charge in [0.25, 0.3) is 0 Å². The van der Waals surface area contributed by atoms with Crippen molar-refractivity contribution in [3.63, 3.8) is 0 Å². The Labute approximate surface area is 166 Å². The van der Waals surface area contributed by atoms with E-state index in [1.54, 1.807) is 0 Å². The van der Waals surface area contributed by atoms with Gasteiger partial charge < -0.3 is 5.73 Å². The summed E-state index contributed by atoms with van der Waals surface area (Å²) in [4.78, 5) is 8.57. The van der Waals surface area contributed by atoms with Crippen LogP contribution in [-0.2, 0) is 13.0 Å². The molecule has 0 aliphatic carbocycles. The summed E-state index contributed by atoms with van der Waals surface area (Å²) in [5.74, 6) is 0.428. The Morgan fingerprint density at radius 2 is 1.83 bits per heavy atom. The summed E-state index contributed by atoms with van der Waals surface area (Å²) in [7, 11) is 0. The molecule has 0 aliphatic rings. The Bertz CT molecular complexity index is 1270. The highest BCUT2D eigenvalue weighted by atomic mass is 15.3. The maximum absolute atomic E-state index is 5.89. The van der Waals surface area contributed by atoms with Crippen LogP contribution in [0.5, 0.6) is 0 Å². The van der Waals surface area contributed by atoms with Crippen LogP contribution in [0.4, 0.5) is 5.82 Å². The van der Waals surface area contributed by atoms with Crippen molar-refractivity contribution in [1.29, 1.82) is 0 Å². The van der Waals surface area contributed by atoms with Gasteiger partial charge in [-0.1, -0.05) is 30.3 Å². The first-order chi connectivity index (χ1) is 14.2. The smallest absolute Gasteiger partial charge is 0.203 e. The van der Waals surface area contributed by atoms with Gasteiger partial charge in [0.15, 0.2) is 0 Å². The molecule has 3 N–H and O–H groups in total. The fourth-order valence-corrected chi connectivity index (χ4v) is 3.41. The second kappa shape index (κ2) is 7.16. The van der Waals surface area contributed by atoms with E-state index in [0.717, 1.165) is 33.3 Å². The Balaban J connectivity index is 1.36. The summed E-state index contributed by atoms with van der Waals surface area (Å²) in [5, 5.41) is 15.3. The number of nitrogens with two attached hydrogens (primary N) is 1. The van der Waals surface area contributed by atoms with Crippen molar-refractivity contribution in [3.8, 4) is 11.1 Å². The molecule has 0 spiro atoms. The van der Waals surface area contributed by atoms with Crippen LogP contribution in [0.15, 0.2) is 67.3 Å². The molecule has 4 aromatic heterocycles. The first-order valence-electron chi connectivity index (χ1n) is 9.21. The highest BCUT2D eigenvalue weighted by Crippen LogP contribution is 2.21. The number of aromatic amines is 1. The minimum absolute atomic E-state index is 0.428. The topological polar surface area (TPSA) is 111 Å². The van der Waals surface area contributed by atoms with Gasteiger partial charge >= 0.3 is 0 Å². The van der Waals surface area contributed by atoms with Crippen LogP contribution in [0.2, 0.25) is 0 Å². The summed E-state index contributed by atoms with van der Waals surface area (Å²) < 4.78 is 1.91. The van der Waals surface area contributed by atoms with E-state index >= 15 is 0 Å². The molecule has 0 amide bonds. The lowest BCUT2D eigenvalue weighted by Gasteiger charge is -2.05. The number of rotatable bonds is 5. The average molecular weight is 382 g/mol. The van der Waals surface area contributed by atoms with Gasteiger partial charge in [0.1, 0.15) is 11.3 Å². The molecule has 0 bridgehead atoms. The van der Waals surface area contributed by atoms with Crippen LogP contribution in [0.25, 0.3) is 22.3 Å². The summed E-state index contributed by atoms with van der Waals surface area (Å²) >= 11 is 0. The molecule has 0 aliphatic heterocycles. The molecule has 0 radical (unpaired) electrons. The number of nitrogens with zero attached hydrogens (tertiary/aromatic N) is 6. The Kier molecular flexibility index (Phi) is 4.21. The van der Waals surface area contributed by atoms with Crippen LogP contribution >= 0.6 is 0 Å². The maximum atomic E-state index is 5.89. The number of nitrogens with one attached hydrogen (secondary N) is 1. The fraction of sp³-hybridized carbons (Fsp3) is 0.0952. The number of hydrogen-bond donors (Lipinski definition) is 2. The molecular weight excluding hydrogens is 364 g/mol. The number of anilines is 1. The molecule has 5 rings (SSSR count). The molecule has 1 aromatic carbocycles. The lowest BCUT2D eigenvalue weighted by molar-refractivity contribution is 0.684. The lowest BCUT2D eigenvalue weighted by Crippen LogP contribution is -2.01. The lowest BCUT2D eigenvalue weighted by atomic mass is 10.1. The predicted molar refractivity (Wildman–Crippen MR) is 110 cm³/mol. The Hall–Kier alpha value is -4.07. The fourth-order valence-electron chi connectivity index (χ4n) is 3.41. The van der Waals surface area contributed by atoms with E-state index in [1.165, 1.54) is 0 Å². The minimum atomic E-state index is 0.428. The quantitative estimate of drug-likeness (QED) is 0.483. The zero-order valence-electron chi connectivity index (χ0n) is 15.5. The molecule has 8 nitrogen and oxygen atoms in total. The number of hydrogen-bond acceptors (Lipinski definition) is 6. The molecule has 8 heteroatoms. The second-order valence-electron chi connectivity index (χ2n) is 6.87. The molecule has 5 aromatic rings. The molecule has 0 unspecified atom stereocenters. The second-order valence-corrected chi connectivity index (χ2v) is 6.87. The van der Waals surface area contributed by atoms with Gasteiger partial charge in [-0.3, -0.25) is 9.67 Å². The third-order valence-electron chi connectivity index (χ3n) is 4.72. The molecule has 0 atom stereocenters. The van der Waals surface area contributed by atoms with Crippen LogP contribution in [-0.4, -0.2) is 35.2 Å². The van der Waals surface area contributed by atoms with E-state index in [-0.39, 0.29) is 0 Å². The van der Waals surface area contributed by atoms with E-state index in [2.05, 4.69) is 48.7 Å². The highest BCUT2D eigenvalue weighted by molar-refractivity contribution is 5.76. The number of fused-ring (bicyclic) bond motifs is 1. The Morgan fingerprint density at radius 3 is 2.72 bits per heavy atom. The number of nitrogen functional groups attached to an aromatic ring is 1. The Morgan fingerprint density at radius 1 is 0.931 bits per heavy atom. The van der Waals surface area contributed by atoms with Gasteiger partial charge in [-0.15, -0.1) is 5.10 Å². The number of pyridine rings is 2. The van der Waals surface area contributed by atoms with Gasteiger partial charge in [-0.25, -0.2) is 4.98 Å². The normalized spacial score (nSPS) is 11.2. The van der Waals surface area contributed by atoms with E-state index in [1.807, 2.05) is 53.7 Å². The third kappa shape index (κ3) is 3.55. The van der Waals surface area contributed by atoms with Crippen LogP contribution in [0.3, 0.4) is 0 Å².